The summed E-state index contributed by atoms with van der Waals surface area (Å²) in [5.74, 6) is 0.677. The summed E-state index contributed by atoms with van der Waals surface area (Å²) in [4.78, 5) is 4.28. The Kier molecular flexibility index (Phi) is 5.22. The van der Waals surface area contributed by atoms with Gasteiger partial charge in [0.1, 0.15) is 0 Å². The summed E-state index contributed by atoms with van der Waals surface area (Å²) in [6.45, 7) is 10.6. The van der Waals surface area contributed by atoms with E-state index in [0.717, 1.165) is 12.6 Å². The van der Waals surface area contributed by atoms with Crippen LogP contribution in [0.3, 0.4) is 0 Å². The van der Waals surface area contributed by atoms with Crippen LogP contribution in [-0.2, 0) is 0 Å². The molecule has 0 spiro atoms. The molecule has 0 radical (unpaired) electrons. The van der Waals surface area contributed by atoms with E-state index in [9.17, 15) is 0 Å². The van der Waals surface area contributed by atoms with Crippen LogP contribution in [0.5, 0.6) is 0 Å². The van der Waals surface area contributed by atoms with Crippen LogP contribution in [0, 0.1) is 5.92 Å². The van der Waals surface area contributed by atoms with E-state index in [1.54, 1.807) is 0 Å². The number of rotatable bonds is 6. The van der Waals surface area contributed by atoms with Gasteiger partial charge in [-0.3, -0.25) is 4.90 Å². The second-order valence-electron chi connectivity index (χ2n) is 5.59. The highest BCUT2D eigenvalue weighted by Crippen LogP contribution is 2.34. The average Bonchev–Trinajstić information content (AvgIpc) is 3.01. The lowest BCUT2D eigenvalue weighted by Crippen LogP contribution is -2.42. The highest BCUT2D eigenvalue weighted by atomic mass is 32.1. The van der Waals surface area contributed by atoms with Crippen molar-refractivity contribution in [2.45, 2.75) is 45.7 Å². The monoisotopic (exact) mass is 266 g/mol. The molecule has 2 rings (SSSR count). The van der Waals surface area contributed by atoms with Gasteiger partial charge in [-0.2, -0.15) is 0 Å². The maximum atomic E-state index is 3.51. The first kappa shape index (κ1) is 14.0. The quantitative estimate of drug-likeness (QED) is 0.847. The minimum atomic E-state index is 0.592. The molecule has 2 heterocycles. The summed E-state index contributed by atoms with van der Waals surface area (Å²) in [5, 5.41) is 5.72. The molecule has 1 N–H and O–H groups in total. The zero-order valence-corrected chi connectivity index (χ0v) is 12.7. The predicted octanol–water partition coefficient (Wildman–Crippen LogP) is 3.52. The van der Waals surface area contributed by atoms with E-state index in [0.29, 0.717) is 12.0 Å². The first-order valence-electron chi connectivity index (χ1n) is 7.24. The average molecular weight is 266 g/mol. The van der Waals surface area contributed by atoms with E-state index in [4.69, 9.17) is 0 Å². The molecule has 0 aliphatic carbocycles. The Morgan fingerprint density at radius 3 is 2.83 bits per heavy atom. The Morgan fingerprint density at radius 1 is 1.50 bits per heavy atom. The van der Waals surface area contributed by atoms with E-state index < -0.39 is 0 Å². The lowest BCUT2D eigenvalue weighted by molar-refractivity contribution is 0.111. The second-order valence-corrected chi connectivity index (χ2v) is 6.57. The summed E-state index contributed by atoms with van der Waals surface area (Å²) in [6, 6.07) is 5.81. The summed E-state index contributed by atoms with van der Waals surface area (Å²) in [7, 11) is 0. The summed E-state index contributed by atoms with van der Waals surface area (Å²) < 4.78 is 0. The summed E-state index contributed by atoms with van der Waals surface area (Å²) in [6.07, 6.45) is 2.54. The van der Waals surface area contributed by atoms with E-state index in [1.807, 2.05) is 11.3 Å². The van der Waals surface area contributed by atoms with Crippen LogP contribution in [0.25, 0.3) is 0 Å². The molecule has 1 aromatic rings. The molecule has 1 fully saturated rings. The Balaban J connectivity index is 2.19. The standard InChI is InChI=1S/C15H26N2S/c1-4-9-17(13-7-8-16-11-13)15(12(2)3)14-6-5-10-18-14/h5-6,10,12-13,15-16H,4,7-9,11H2,1-3H3. The molecular formula is C15H26N2S. The molecule has 1 aliphatic heterocycles. The highest BCUT2D eigenvalue weighted by Gasteiger charge is 2.31. The fraction of sp³-hybridized carbons (Fsp3) is 0.733. The predicted molar refractivity (Wildman–Crippen MR) is 80.2 cm³/mol. The van der Waals surface area contributed by atoms with Crippen molar-refractivity contribution in [1.82, 2.24) is 10.2 Å². The van der Waals surface area contributed by atoms with Crippen LogP contribution in [0.1, 0.15) is 44.5 Å². The molecule has 1 aromatic heterocycles. The van der Waals surface area contributed by atoms with Crippen molar-refractivity contribution in [1.29, 1.82) is 0 Å². The van der Waals surface area contributed by atoms with E-state index in [2.05, 4.69) is 48.5 Å². The summed E-state index contributed by atoms with van der Waals surface area (Å²) >= 11 is 1.91. The van der Waals surface area contributed by atoms with Crippen LogP contribution in [0.2, 0.25) is 0 Å². The van der Waals surface area contributed by atoms with Crippen molar-refractivity contribution in [3.8, 4) is 0 Å². The Hall–Kier alpha value is -0.380. The Labute approximate surface area is 115 Å². The largest absolute Gasteiger partial charge is 0.315 e. The third-order valence-electron chi connectivity index (χ3n) is 3.81. The fourth-order valence-corrected chi connectivity index (χ4v) is 4.08. The van der Waals surface area contributed by atoms with Crippen molar-refractivity contribution in [3.63, 3.8) is 0 Å². The van der Waals surface area contributed by atoms with Gasteiger partial charge in [0.05, 0.1) is 0 Å². The zero-order chi connectivity index (χ0) is 13.0. The van der Waals surface area contributed by atoms with Gasteiger partial charge in [0.25, 0.3) is 0 Å². The molecule has 0 saturated carbocycles. The van der Waals surface area contributed by atoms with Crippen LogP contribution in [-0.4, -0.2) is 30.6 Å². The molecule has 1 aliphatic rings. The summed E-state index contributed by atoms with van der Waals surface area (Å²) in [5.41, 5.74) is 0. The van der Waals surface area contributed by atoms with Crippen LogP contribution < -0.4 is 5.32 Å². The van der Waals surface area contributed by atoms with Gasteiger partial charge in [-0.05, 0) is 43.3 Å². The van der Waals surface area contributed by atoms with Crippen LogP contribution in [0.4, 0.5) is 0 Å². The van der Waals surface area contributed by atoms with Gasteiger partial charge >= 0.3 is 0 Å². The molecule has 2 unspecified atom stereocenters. The molecule has 0 aromatic carbocycles. The van der Waals surface area contributed by atoms with Crippen LogP contribution in [0.15, 0.2) is 17.5 Å². The molecular weight excluding hydrogens is 240 g/mol. The molecule has 0 amide bonds. The fourth-order valence-electron chi connectivity index (χ4n) is 3.06. The van der Waals surface area contributed by atoms with Crippen molar-refractivity contribution in [2.75, 3.05) is 19.6 Å². The number of hydrogen-bond donors (Lipinski definition) is 1. The number of thiophene rings is 1. The maximum Gasteiger partial charge on any atom is 0.0467 e. The minimum absolute atomic E-state index is 0.592. The van der Waals surface area contributed by atoms with Gasteiger partial charge in [-0.15, -0.1) is 11.3 Å². The van der Waals surface area contributed by atoms with Crippen molar-refractivity contribution in [3.05, 3.63) is 22.4 Å². The Morgan fingerprint density at radius 2 is 2.33 bits per heavy atom. The lowest BCUT2D eigenvalue weighted by atomic mass is 9.98. The minimum Gasteiger partial charge on any atom is -0.315 e. The SMILES string of the molecule is CCCN(C1CCNC1)C(c1cccs1)C(C)C. The van der Waals surface area contributed by atoms with Gasteiger partial charge in [0, 0.05) is 23.5 Å². The van der Waals surface area contributed by atoms with Gasteiger partial charge in [-0.1, -0.05) is 26.8 Å². The zero-order valence-electron chi connectivity index (χ0n) is 11.9. The molecule has 18 heavy (non-hydrogen) atoms. The molecule has 102 valence electrons. The molecule has 1 saturated heterocycles. The van der Waals surface area contributed by atoms with Gasteiger partial charge in [0.15, 0.2) is 0 Å². The van der Waals surface area contributed by atoms with Gasteiger partial charge in [0.2, 0.25) is 0 Å². The van der Waals surface area contributed by atoms with Crippen LogP contribution >= 0.6 is 11.3 Å². The second kappa shape index (κ2) is 6.69. The third-order valence-corrected chi connectivity index (χ3v) is 4.75. The first-order valence-corrected chi connectivity index (χ1v) is 8.11. The van der Waals surface area contributed by atoms with E-state index in [1.165, 1.54) is 30.8 Å². The first-order chi connectivity index (χ1) is 8.74. The molecule has 2 atom stereocenters. The normalized spacial score (nSPS) is 21.9. The third kappa shape index (κ3) is 3.14. The lowest BCUT2D eigenvalue weighted by Gasteiger charge is -2.38. The van der Waals surface area contributed by atoms with Crippen molar-refractivity contribution in [2.24, 2.45) is 5.92 Å². The van der Waals surface area contributed by atoms with Crippen molar-refractivity contribution >= 4 is 11.3 Å². The number of hydrogen-bond acceptors (Lipinski definition) is 3. The number of nitrogens with zero attached hydrogens (tertiary/aromatic N) is 1. The van der Waals surface area contributed by atoms with Gasteiger partial charge in [-0.25, -0.2) is 0 Å². The number of nitrogens with one attached hydrogen (secondary N) is 1. The van der Waals surface area contributed by atoms with Crippen molar-refractivity contribution < 1.29 is 0 Å². The molecule has 0 bridgehead atoms. The highest BCUT2D eigenvalue weighted by molar-refractivity contribution is 7.10. The molecule has 2 nitrogen and oxygen atoms in total. The smallest absolute Gasteiger partial charge is 0.0467 e. The Bertz CT molecular complexity index is 328. The maximum absolute atomic E-state index is 3.51. The van der Waals surface area contributed by atoms with Gasteiger partial charge < -0.3 is 5.32 Å². The molecule has 3 heteroatoms. The van der Waals surface area contributed by atoms with E-state index in [-0.39, 0.29) is 0 Å². The topological polar surface area (TPSA) is 15.3 Å². The van der Waals surface area contributed by atoms with E-state index >= 15 is 0 Å².